The van der Waals surface area contributed by atoms with Crippen molar-refractivity contribution in [1.29, 1.82) is 0 Å². The van der Waals surface area contributed by atoms with E-state index in [0.717, 1.165) is 33.6 Å². The quantitative estimate of drug-likeness (QED) is 0.591. The van der Waals surface area contributed by atoms with E-state index in [-0.39, 0.29) is 6.54 Å². The number of hydrogen-bond donors (Lipinski definition) is 2. The lowest BCUT2D eigenvalue weighted by Crippen LogP contribution is -2.19. The van der Waals surface area contributed by atoms with Crippen molar-refractivity contribution in [2.75, 3.05) is 0 Å². The van der Waals surface area contributed by atoms with E-state index in [2.05, 4.69) is 15.5 Å². The summed E-state index contributed by atoms with van der Waals surface area (Å²) in [6.07, 6.45) is 6.24. The molecule has 0 atom stereocenters. The fraction of sp³-hybridized carbons (Fsp3) is 0.111. The lowest BCUT2D eigenvalue weighted by atomic mass is 10.1. The van der Waals surface area contributed by atoms with E-state index in [4.69, 9.17) is 10.1 Å². The molecule has 0 aliphatic heterocycles. The molecule has 0 saturated heterocycles. The molecule has 8 heteroatoms. The van der Waals surface area contributed by atoms with Crippen molar-refractivity contribution in [1.82, 2.24) is 29.7 Å². The van der Waals surface area contributed by atoms with Gasteiger partial charge >= 0.3 is 6.09 Å². The van der Waals surface area contributed by atoms with Crippen molar-refractivity contribution in [3.05, 3.63) is 60.7 Å². The first-order valence-electron chi connectivity index (χ1n) is 8.00. The molecule has 0 unspecified atom stereocenters. The van der Waals surface area contributed by atoms with Crippen LogP contribution >= 0.6 is 0 Å². The second kappa shape index (κ2) is 6.32. The number of carbonyl (C=O) groups is 1. The maximum atomic E-state index is 10.6. The molecule has 4 aromatic rings. The van der Waals surface area contributed by atoms with E-state index >= 15 is 0 Å². The minimum atomic E-state index is -1.04. The zero-order chi connectivity index (χ0) is 18.1. The van der Waals surface area contributed by atoms with Gasteiger partial charge in [0.25, 0.3) is 0 Å². The van der Waals surface area contributed by atoms with Gasteiger partial charge in [0.15, 0.2) is 0 Å². The fourth-order valence-electron chi connectivity index (χ4n) is 2.79. The minimum Gasteiger partial charge on any atom is -0.465 e. The molecule has 2 N–H and O–H groups in total. The molecule has 1 aromatic carbocycles. The standard InChI is InChI=1S/C18H16N6O2/c1-23-10-14(9-21-23)15-11-24-16(6-7-20-24)17(22-15)13-4-2-12(3-5-13)8-19-18(25)26/h2-7,9-11,19H,8H2,1H3,(H,25,26). The molecule has 0 radical (unpaired) electrons. The summed E-state index contributed by atoms with van der Waals surface area (Å²) in [4.78, 5) is 15.4. The summed E-state index contributed by atoms with van der Waals surface area (Å²) in [6.45, 7) is 0.265. The van der Waals surface area contributed by atoms with E-state index in [0.29, 0.717) is 0 Å². The van der Waals surface area contributed by atoms with Crippen LogP contribution in [0.3, 0.4) is 0 Å². The van der Waals surface area contributed by atoms with Gasteiger partial charge in [-0.25, -0.2) is 14.3 Å². The minimum absolute atomic E-state index is 0.265. The van der Waals surface area contributed by atoms with Gasteiger partial charge in [0.1, 0.15) is 0 Å². The van der Waals surface area contributed by atoms with Crippen LogP contribution in [0.2, 0.25) is 0 Å². The number of nitrogens with zero attached hydrogens (tertiary/aromatic N) is 5. The van der Waals surface area contributed by atoms with Gasteiger partial charge in [0.05, 0.1) is 35.5 Å². The van der Waals surface area contributed by atoms with Crippen LogP contribution in [0.4, 0.5) is 4.79 Å². The highest BCUT2D eigenvalue weighted by molar-refractivity contribution is 5.79. The molecule has 4 rings (SSSR count). The van der Waals surface area contributed by atoms with Gasteiger partial charge in [-0.1, -0.05) is 24.3 Å². The maximum Gasteiger partial charge on any atom is 0.404 e. The van der Waals surface area contributed by atoms with Crippen LogP contribution in [0, 0.1) is 0 Å². The van der Waals surface area contributed by atoms with E-state index < -0.39 is 6.09 Å². The Morgan fingerprint density at radius 2 is 1.92 bits per heavy atom. The average Bonchev–Trinajstić information content (AvgIpc) is 3.28. The predicted molar refractivity (Wildman–Crippen MR) is 95.5 cm³/mol. The summed E-state index contributed by atoms with van der Waals surface area (Å²) in [5, 5.41) is 19.6. The molecule has 0 aliphatic carbocycles. The summed E-state index contributed by atoms with van der Waals surface area (Å²) in [6, 6.07) is 9.55. The summed E-state index contributed by atoms with van der Waals surface area (Å²) >= 11 is 0. The van der Waals surface area contributed by atoms with E-state index in [1.165, 1.54) is 0 Å². The number of nitrogens with one attached hydrogen (secondary N) is 1. The van der Waals surface area contributed by atoms with Gasteiger partial charge in [-0.3, -0.25) is 4.68 Å². The van der Waals surface area contributed by atoms with Crippen LogP contribution in [0.25, 0.3) is 28.0 Å². The maximum absolute atomic E-state index is 10.6. The molecule has 0 aliphatic rings. The van der Waals surface area contributed by atoms with Gasteiger partial charge in [-0.15, -0.1) is 0 Å². The number of rotatable bonds is 4. The highest BCUT2D eigenvalue weighted by Gasteiger charge is 2.12. The largest absolute Gasteiger partial charge is 0.465 e. The third kappa shape index (κ3) is 3.00. The first-order valence-corrected chi connectivity index (χ1v) is 8.00. The Morgan fingerprint density at radius 1 is 1.12 bits per heavy atom. The van der Waals surface area contributed by atoms with Crippen LogP contribution in [0.15, 0.2) is 55.1 Å². The van der Waals surface area contributed by atoms with Crippen molar-refractivity contribution in [2.24, 2.45) is 7.05 Å². The highest BCUT2D eigenvalue weighted by Crippen LogP contribution is 2.26. The molecule has 0 fully saturated rings. The molecule has 0 saturated carbocycles. The molecule has 1 amide bonds. The number of aryl methyl sites for hydroxylation is 1. The second-order valence-electron chi connectivity index (χ2n) is 5.89. The zero-order valence-corrected chi connectivity index (χ0v) is 14.0. The average molecular weight is 348 g/mol. The third-order valence-electron chi connectivity index (χ3n) is 4.06. The summed E-state index contributed by atoms with van der Waals surface area (Å²) in [7, 11) is 1.86. The van der Waals surface area contributed by atoms with Gasteiger partial charge in [0, 0.05) is 30.9 Å². The lowest BCUT2D eigenvalue weighted by Gasteiger charge is -2.08. The molecular weight excluding hydrogens is 332 g/mol. The van der Waals surface area contributed by atoms with E-state index in [1.54, 1.807) is 21.6 Å². The molecule has 3 aromatic heterocycles. The fourth-order valence-corrected chi connectivity index (χ4v) is 2.79. The lowest BCUT2D eigenvalue weighted by molar-refractivity contribution is 0.194. The van der Waals surface area contributed by atoms with Crippen LogP contribution < -0.4 is 5.32 Å². The number of aromatic nitrogens is 5. The molecule has 3 heterocycles. The summed E-state index contributed by atoms with van der Waals surface area (Å²) in [5.41, 5.74) is 5.20. The van der Waals surface area contributed by atoms with E-state index in [1.807, 2.05) is 49.8 Å². The number of amides is 1. The molecular formula is C18H16N6O2. The predicted octanol–water partition coefficient (Wildman–Crippen LogP) is 2.56. The van der Waals surface area contributed by atoms with Crippen molar-refractivity contribution < 1.29 is 9.90 Å². The summed E-state index contributed by atoms with van der Waals surface area (Å²) in [5.74, 6) is 0. The number of benzene rings is 1. The Morgan fingerprint density at radius 3 is 2.62 bits per heavy atom. The highest BCUT2D eigenvalue weighted by atomic mass is 16.4. The van der Waals surface area contributed by atoms with Crippen LogP contribution in [0.1, 0.15) is 5.56 Å². The Balaban J connectivity index is 1.75. The topological polar surface area (TPSA) is 97.3 Å². The zero-order valence-electron chi connectivity index (χ0n) is 14.0. The molecule has 130 valence electrons. The van der Waals surface area contributed by atoms with Crippen LogP contribution in [-0.4, -0.2) is 35.6 Å². The van der Waals surface area contributed by atoms with Gasteiger partial charge < -0.3 is 10.4 Å². The van der Waals surface area contributed by atoms with Crippen molar-refractivity contribution in [3.8, 4) is 22.5 Å². The van der Waals surface area contributed by atoms with Gasteiger partial charge in [-0.2, -0.15) is 10.2 Å². The van der Waals surface area contributed by atoms with Crippen LogP contribution in [0.5, 0.6) is 0 Å². The van der Waals surface area contributed by atoms with Crippen molar-refractivity contribution >= 4 is 11.6 Å². The molecule has 26 heavy (non-hydrogen) atoms. The second-order valence-corrected chi connectivity index (χ2v) is 5.89. The number of carboxylic acid groups (broad SMARTS) is 1. The SMILES string of the molecule is Cn1cc(-c2cn3nccc3c(-c3ccc(CNC(=O)O)cc3)n2)cn1. The number of fused-ring (bicyclic) bond motifs is 1. The Labute approximate surface area is 148 Å². The Bertz CT molecular complexity index is 1080. The van der Waals surface area contributed by atoms with Crippen molar-refractivity contribution in [3.63, 3.8) is 0 Å². The normalized spacial score (nSPS) is 11.0. The monoisotopic (exact) mass is 348 g/mol. The molecule has 0 spiro atoms. The first-order chi connectivity index (χ1) is 12.6. The summed E-state index contributed by atoms with van der Waals surface area (Å²) < 4.78 is 3.53. The van der Waals surface area contributed by atoms with E-state index in [9.17, 15) is 4.79 Å². The molecule has 8 nitrogen and oxygen atoms in total. The number of hydrogen-bond acceptors (Lipinski definition) is 4. The Hall–Kier alpha value is -3.68. The van der Waals surface area contributed by atoms with Crippen LogP contribution in [-0.2, 0) is 13.6 Å². The van der Waals surface area contributed by atoms with Gasteiger partial charge in [-0.05, 0) is 11.6 Å². The smallest absolute Gasteiger partial charge is 0.404 e. The Kier molecular flexibility index (Phi) is 3.85. The van der Waals surface area contributed by atoms with Gasteiger partial charge in [0.2, 0.25) is 0 Å². The van der Waals surface area contributed by atoms with Crippen molar-refractivity contribution in [2.45, 2.75) is 6.54 Å². The molecule has 0 bridgehead atoms. The first kappa shape index (κ1) is 15.8. The third-order valence-corrected chi connectivity index (χ3v) is 4.06.